The van der Waals surface area contributed by atoms with Gasteiger partial charge >= 0.3 is 0 Å². The predicted molar refractivity (Wildman–Crippen MR) is 234 cm³/mol. The van der Waals surface area contributed by atoms with E-state index < -0.39 is 0 Å². The monoisotopic (exact) mass is 726 g/mol. The van der Waals surface area contributed by atoms with Crippen LogP contribution >= 0.6 is 0 Å². The van der Waals surface area contributed by atoms with Crippen LogP contribution in [0.25, 0.3) is 110 Å². The van der Waals surface area contributed by atoms with Gasteiger partial charge in [0.05, 0.1) is 33.1 Å². The van der Waals surface area contributed by atoms with E-state index in [0.717, 1.165) is 89.0 Å². The molecule has 57 heavy (non-hydrogen) atoms. The summed E-state index contributed by atoms with van der Waals surface area (Å²) in [5.41, 5.74) is 12.0. The lowest BCUT2D eigenvalue weighted by Crippen LogP contribution is -1.99. The SMILES string of the molecule is c1ccc(-n2c3cc(-c4ccc5c6ccccc6n(-c6ccc7ccc8cccnc8c7n6)c5c4)ccc3c3c4cccc5c4c(cc32)Oc2ccccc2-5)cc1. The van der Waals surface area contributed by atoms with Crippen LogP contribution in [-0.4, -0.2) is 19.1 Å². The lowest BCUT2D eigenvalue weighted by Gasteiger charge is -2.22. The van der Waals surface area contributed by atoms with Gasteiger partial charge in [0, 0.05) is 61.2 Å². The van der Waals surface area contributed by atoms with E-state index in [1.54, 1.807) is 0 Å². The average molecular weight is 727 g/mol. The number of aromatic nitrogens is 4. The van der Waals surface area contributed by atoms with Crippen LogP contribution < -0.4 is 4.74 Å². The molecule has 0 spiro atoms. The average Bonchev–Trinajstić information content (AvgIpc) is 3.78. The molecular weight excluding hydrogens is 697 g/mol. The van der Waals surface area contributed by atoms with Crippen molar-refractivity contribution in [3.05, 3.63) is 182 Å². The molecule has 0 unspecified atom stereocenters. The van der Waals surface area contributed by atoms with Crippen molar-refractivity contribution in [2.75, 3.05) is 0 Å². The fourth-order valence-electron chi connectivity index (χ4n) is 9.42. The summed E-state index contributed by atoms with van der Waals surface area (Å²) in [6, 6.07) is 62.9. The van der Waals surface area contributed by atoms with Gasteiger partial charge in [-0.15, -0.1) is 0 Å². The van der Waals surface area contributed by atoms with Crippen molar-refractivity contribution < 1.29 is 4.74 Å². The lowest BCUT2D eigenvalue weighted by atomic mass is 9.92. The van der Waals surface area contributed by atoms with E-state index >= 15 is 0 Å². The molecule has 0 aliphatic carbocycles. The van der Waals surface area contributed by atoms with Crippen LogP contribution in [0.1, 0.15) is 0 Å². The Bertz CT molecular complexity index is 3670. The third-order valence-electron chi connectivity index (χ3n) is 11.9. The van der Waals surface area contributed by atoms with Crippen molar-refractivity contribution >= 4 is 76.2 Å². The zero-order valence-corrected chi connectivity index (χ0v) is 30.5. The topological polar surface area (TPSA) is 44.9 Å². The van der Waals surface area contributed by atoms with Gasteiger partial charge in [-0.2, -0.15) is 0 Å². The van der Waals surface area contributed by atoms with Crippen LogP contribution in [0.2, 0.25) is 0 Å². The Labute approximate surface area is 326 Å². The van der Waals surface area contributed by atoms with Crippen molar-refractivity contribution in [2.45, 2.75) is 0 Å². The van der Waals surface area contributed by atoms with Gasteiger partial charge in [0.15, 0.2) is 0 Å². The molecule has 12 aromatic rings. The Morgan fingerprint density at radius 3 is 2.00 bits per heavy atom. The van der Waals surface area contributed by atoms with Crippen molar-refractivity contribution in [2.24, 2.45) is 0 Å². The molecule has 0 saturated carbocycles. The largest absolute Gasteiger partial charge is 0.456 e. The number of nitrogens with zero attached hydrogens (tertiary/aromatic N) is 4. The third kappa shape index (κ3) is 4.28. The van der Waals surface area contributed by atoms with Gasteiger partial charge in [-0.25, -0.2) is 4.98 Å². The number of rotatable bonds is 3. The molecule has 5 heteroatoms. The maximum Gasteiger partial charge on any atom is 0.138 e. The lowest BCUT2D eigenvalue weighted by molar-refractivity contribution is 0.487. The van der Waals surface area contributed by atoms with E-state index in [0.29, 0.717) is 0 Å². The Balaban J connectivity index is 1.06. The first kappa shape index (κ1) is 30.6. The van der Waals surface area contributed by atoms with Gasteiger partial charge in [0.2, 0.25) is 0 Å². The summed E-state index contributed by atoms with van der Waals surface area (Å²) in [5.74, 6) is 2.64. The van der Waals surface area contributed by atoms with E-state index in [4.69, 9.17) is 14.7 Å². The fraction of sp³-hybridized carbons (Fsp3) is 0. The molecule has 0 bridgehead atoms. The van der Waals surface area contributed by atoms with Crippen LogP contribution in [0.5, 0.6) is 11.5 Å². The second kappa shape index (κ2) is 11.4. The summed E-state index contributed by atoms with van der Waals surface area (Å²) in [7, 11) is 0. The summed E-state index contributed by atoms with van der Waals surface area (Å²) in [5, 5.41) is 9.32. The summed E-state index contributed by atoms with van der Waals surface area (Å²) in [6.45, 7) is 0. The number of hydrogen-bond acceptors (Lipinski definition) is 3. The Hall–Kier alpha value is -7.76. The first-order chi connectivity index (χ1) is 28.3. The van der Waals surface area contributed by atoms with Crippen LogP contribution in [0.3, 0.4) is 0 Å². The van der Waals surface area contributed by atoms with E-state index in [2.05, 4.69) is 173 Å². The highest BCUT2D eigenvalue weighted by molar-refractivity contribution is 6.25. The Morgan fingerprint density at radius 1 is 0.404 bits per heavy atom. The molecule has 1 aliphatic heterocycles. The molecule has 5 heterocycles. The minimum absolute atomic E-state index is 0.868. The number of pyridine rings is 2. The second-order valence-corrected chi connectivity index (χ2v) is 15.0. The highest BCUT2D eigenvalue weighted by atomic mass is 16.5. The van der Waals surface area contributed by atoms with Gasteiger partial charge in [-0.3, -0.25) is 9.55 Å². The molecule has 13 rings (SSSR count). The van der Waals surface area contributed by atoms with Crippen LogP contribution in [0.4, 0.5) is 0 Å². The van der Waals surface area contributed by atoms with Gasteiger partial charge in [0.25, 0.3) is 0 Å². The zero-order chi connectivity index (χ0) is 37.2. The Kier molecular flexibility index (Phi) is 6.10. The Morgan fingerprint density at radius 2 is 1.11 bits per heavy atom. The minimum Gasteiger partial charge on any atom is -0.456 e. The van der Waals surface area contributed by atoms with Gasteiger partial charge in [-0.05, 0) is 76.7 Å². The van der Waals surface area contributed by atoms with Crippen LogP contribution in [0, 0.1) is 0 Å². The van der Waals surface area contributed by atoms with Crippen molar-refractivity contribution in [3.63, 3.8) is 0 Å². The highest BCUT2D eigenvalue weighted by Gasteiger charge is 2.25. The third-order valence-corrected chi connectivity index (χ3v) is 11.9. The number of hydrogen-bond donors (Lipinski definition) is 0. The van der Waals surface area contributed by atoms with E-state index in [-0.39, 0.29) is 0 Å². The molecule has 0 radical (unpaired) electrons. The van der Waals surface area contributed by atoms with Crippen LogP contribution in [0.15, 0.2) is 182 Å². The fourth-order valence-corrected chi connectivity index (χ4v) is 9.42. The summed E-state index contributed by atoms with van der Waals surface area (Å²) in [4.78, 5) is 10.1. The van der Waals surface area contributed by atoms with E-state index in [9.17, 15) is 0 Å². The summed E-state index contributed by atoms with van der Waals surface area (Å²) in [6.07, 6.45) is 1.85. The first-order valence-corrected chi connectivity index (χ1v) is 19.3. The predicted octanol–water partition coefficient (Wildman–Crippen LogP) is 13.6. The number of benzene rings is 8. The summed E-state index contributed by atoms with van der Waals surface area (Å²) < 4.78 is 11.4. The molecule has 4 aromatic heterocycles. The van der Waals surface area contributed by atoms with Crippen molar-refractivity contribution in [1.29, 1.82) is 0 Å². The maximum absolute atomic E-state index is 6.67. The quantitative estimate of drug-likeness (QED) is 0.170. The first-order valence-electron chi connectivity index (χ1n) is 19.3. The molecule has 0 fully saturated rings. The molecule has 0 atom stereocenters. The molecule has 0 amide bonds. The number of ether oxygens (including phenoxy) is 1. The van der Waals surface area contributed by atoms with Gasteiger partial charge in [0.1, 0.15) is 17.3 Å². The minimum atomic E-state index is 0.868. The smallest absolute Gasteiger partial charge is 0.138 e. The standard InChI is InChI=1S/C52H30N4O/c1-2-11-35(12-3-1)55-44-29-34(22-25-40(44)49-41-16-8-15-39-38-14-5-7-18-46(38)57-47(50(39)41)30-45(49)55)33-21-24-37-36-13-4-6-17-42(36)56(43(37)28-33)48-26-23-32-20-19-31-10-9-27-53-51(31)52(32)54-48/h1-30H. The molecule has 0 N–H and O–H groups in total. The molecule has 0 saturated heterocycles. The molecule has 5 nitrogen and oxygen atoms in total. The van der Waals surface area contributed by atoms with E-state index in [1.807, 2.05) is 18.3 Å². The normalized spacial score (nSPS) is 12.4. The molecular formula is C52H30N4O. The van der Waals surface area contributed by atoms with Crippen molar-refractivity contribution in [3.8, 4) is 45.3 Å². The second-order valence-electron chi connectivity index (χ2n) is 15.0. The maximum atomic E-state index is 6.67. The van der Waals surface area contributed by atoms with Crippen LogP contribution in [-0.2, 0) is 0 Å². The van der Waals surface area contributed by atoms with Crippen molar-refractivity contribution in [1.82, 2.24) is 19.1 Å². The molecule has 1 aliphatic rings. The molecule has 8 aromatic carbocycles. The van der Waals surface area contributed by atoms with Gasteiger partial charge < -0.3 is 9.30 Å². The van der Waals surface area contributed by atoms with Gasteiger partial charge in [-0.1, -0.05) is 115 Å². The van der Waals surface area contributed by atoms with E-state index in [1.165, 1.54) is 32.5 Å². The summed E-state index contributed by atoms with van der Waals surface area (Å²) >= 11 is 0. The highest BCUT2D eigenvalue weighted by Crippen LogP contribution is 2.50. The zero-order valence-electron chi connectivity index (χ0n) is 30.5. The number of fused-ring (bicyclic) bond motifs is 12. The number of para-hydroxylation sites is 3. The molecule has 264 valence electrons.